The smallest absolute Gasteiger partial charge is 0.0984 e. The first-order valence-electron chi connectivity index (χ1n) is 5.74. The van der Waals surface area contributed by atoms with E-state index < -0.39 is 0 Å². The average Bonchev–Trinajstić information content (AvgIpc) is 2.38. The van der Waals surface area contributed by atoms with Gasteiger partial charge in [-0.2, -0.15) is 0 Å². The van der Waals surface area contributed by atoms with Crippen molar-refractivity contribution in [3.8, 4) is 0 Å². The second kappa shape index (κ2) is 5.74. The largest absolute Gasteiger partial charge is 0.163 e. The highest BCUT2D eigenvalue weighted by Crippen LogP contribution is 2.25. The first kappa shape index (κ1) is 12.0. The highest BCUT2D eigenvalue weighted by molar-refractivity contribution is 7.97. The van der Waals surface area contributed by atoms with Crippen molar-refractivity contribution in [2.45, 2.75) is 4.90 Å². The summed E-state index contributed by atoms with van der Waals surface area (Å²) < 4.78 is 0. The number of hydrogen-bond donors (Lipinski definition) is 0. The predicted octanol–water partition coefficient (Wildman–Crippen LogP) is 4.19. The third-order valence-electron chi connectivity index (χ3n) is 2.70. The maximum Gasteiger partial charge on any atom is 0.163 e. The fourth-order valence-corrected chi connectivity index (χ4v) is 3.81. The van der Waals surface area contributed by atoms with Crippen molar-refractivity contribution in [1.29, 1.82) is 0 Å². The standard InChI is InChI=1S/C16H17S/c1-3-12-17(13-4-2)16-11-7-9-14-8-5-6-10-15(14)16/h3-11H,1-2,12-13H2/q+1. The Bertz CT molecular complexity index is 513. The summed E-state index contributed by atoms with van der Waals surface area (Å²) in [7, 11) is 0.201. The van der Waals surface area contributed by atoms with E-state index in [4.69, 9.17) is 0 Å². The molecule has 0 nitrogen and oxygen atoms in total. The molecule has 0 unspecified atom stereocenters. The molecule has 2 rings (SSSR count). The first-order chi connectivity index (χ1) is 8.36. The molecule has 0 heterocycles. The molecule has 0 saturated heterocycles. The van der Waals surface area contributed by atoms with Crippen LogP contribution in [0.25, 0.3) is 10.8 Å². The van der Waals surface area contributed by atoms with Gasteiger partial charge in [-0.1, -0.05) is 43.5 Å². The average molecular weight is 241 g/mol. The molecule has 0 spiro atoms. The van der Waals surface area contributed by atoms with Gasteiger partial charge < -0.3 is 0 Å². The van der Waals surface area contributed by atoms with Crippen LogP contribution in [0.4, 0.5) is 0 Å². The molecule has 0 fully saturated rings. The molecule has 0 radical (unpaired) electrons. The molecular formula is C16H17S+. The van der Waals surface area contributed by atoms with Crippen molar-refractivity contribution in [2.75, 3.05) is 11.5 Å². The topological polar surface area (TPSA) is 0 Å². The zero-order valence-electron chi connectivity index (χ0n) is 9.93. The summed E-state index contributed by atoms with van der Waals surface area (Å²) in [4.78, 5) is 1.43. The number of rotatable bonds is 5. The van der Waals surface area contributed by atoms with Crippen molar-refractivity contribution < 1.29 is 0 Å². The molecule has 0 amide bonds. The Morgan fingerprint density at radius 1 is 0.882 bits per heavy atom. The van der Waals surface area contributed by atoms with Gasteiger partial charge in [-0.15, -0.1) is 0 Å². The van der Waals surface area contributed by atoms with Gasteiger partial charge in [-0.05, 0) is 29.7 Å². The minimum atomic E-state index is 0.201. The van der Waals surface area contributed by atoms with Gasteiger partial charge in [0.2, 0.25) is 0 Å². The van der Waals surface area contributed by atoms with E-state index in [2.05, 4.69) is 55.6 Å². The fourth-order valence-electron chi connectivity index (χ4n) is 1.98. The van der Waals surface area contributed by atoms with Gasteiger partial charge in [0.1, 0.15) is 11.5 Å². The maximum atomic E-state index is 3.86. The van der Waals surface area contributed by atoms with E-state index in [0.717, 1.165) is 11.5 Å². The van der Waals surface area contributed by atoms with Gasteiger partial charge in [-0.3, -0.25) is 0 Å². The highest BCUT2D eigenvalue weighted by atomic mass is 32.2. The molecule has 17 heavy (non-hydrogen) atoms. The Morgan fingerprint density at radius 2 is 1.53 bits per heavy atom. The Hall–Kier alpha value is -1.47. The van der Waals surface area contributed by atoms with Gasteiger partial charge in [0, 0.05) is 16.3 Å². The van der Waals surface area contributed by atoms with Crippen molar-refractivity contribution >= 4 is 21.7 Å². The summed E-state index contributed by atoms with van der Waals surface area (Å²) in [6.07, 6.45) is 4.02. The van der Waals surface area contributed by atoms with E-state index in [1.807, 2.05) is 12.2 Å². The molecule has 0 aliphatic heterocycles. The van der Waals surface area contributed by atoms with Crippen molar-refractivity contribution in [1.82, 2.24) is 0 Å². The molecule has 0 N–H and O–H groups in total. The normalized spacial score (nSPS) is 10.6. The van der Waals surface area contributed by atoms with E-state index in [1.54, 1.807) is 0 Å². The van der Waals surface area contributed by atoms with Crippen LogP contribution < -0.4 is 0 Å². The number of benzene rings is 2. The molecule has 0 bridgehead atoms. The van der Waals surface area contributed by atoms with Crippen molar-refractivity contribution in [2.24, 2.45) is 0 Å². The molecule has 0 atom stereocenters. The molecule has 1 heteroatoms. The van der Waals surface area contributed by atoms with Gasteiger partial charge >= 0.3 is 0 Å². The van der Waals surface area contributed by atoms with Gasteiger partial charge in [-0.25, -0.2) is 0 Å². The van der Waals surface area contributed by atoms with Gasteiger partial charge in [0.15, 0.2) is 4.90 Å². The monoisotopic (exact) mass is 241 g/mol. The van der Waals surface area contributed by atoms with Crippen LogP contribution in [-0.4, -0.2) is 11.5 Å². The van der Waals surface area contributed by atoms with E-state index in [1.165, 1.54) is 15.7 Å². The summed E-state index contributed by atoms with van der Waals surface area (Å²) in [6.45, 7) is 7.72. The predicted molar refractivity (Wildman–Crippen MR) is 79.7 cm³/mol. The van der Waals surface area contributed by atoms with E-state index >= 15 is 0 Å². The lowest BCUT2D eigenvalue weighted by molar-refractivity contribution is 1.49. The maximum absolute atomic E-state index is 3.86. The molecule has 0 saturated carbocycles. The zero-order valence-corrected chi connectivity index (χ0v) is 10.7. The summed E-state index contributed by atoms with van der Waals surface area (Å²) in [5.74, 6) is 2.06. The van der Waals surface area contributed by atoms with Crippen LogP contribution in [0.3, 0.4) is 0 Å². The fraction of sp³-hybridized carbons (Fsp3) is 0.125. The molecule has 2 aromatic carbocycles. The Balaban J connectivity index is 2.51. The van der Waals surface area contributed by atoms with Crippen molar-refractivity contribution in [3.05, 3.63) is 67.8 Å². The second-order valence-corrected chi connectivity index (χ2v) is 5.97. The SMILES string of the molecule is C=CC[S+](CC=C)c1cccc2ccccc12. The summed E-state index contributed by atoms with van der Waals surface area (Å²) in [5.41, 5.74) is 0. The second-order valence-electron chi connectivity index (χ2n) is 3.88. The quantitative estimate of drug-likeness (QED) is 0.544. The molecule has 86 valence electrons. The van der Waals surface area contributed by atoms with Gasteiger partial charge in [0.25, 0.3) is 0 Å². The first-order valence-corrected chi connectivity index (χ1v) is 7.30. The Morgan fingerprint density at radius 3 is 2.24 bits per heavy atom. The van der Waals surface area contributed by atoms with Crippen LogP contribution in [0.1, 0.15) is 0 Å². The van der Waals surface area contributed by atoms with Gasteiger partial charge in [0.05, 0.1) is 0 Å². The van der Waals surface area contributed by atoms with Crippen LogP contribution in [0.2, 0.25) is 0 Å². The lowest BCUT2D eigenvalue weighted by Crippen LogP contribution is -2.10. The highest BCUT2D eigenvalue weighted by Gasteiger charge is 2.20. The lowest BCUT2D eigenvalue weighted by atomic mass is 10.1. The molecule has 0 aliphatic rings. The molecule has 2 aromatic rings. The number of fused-ring (bicyclic) bond motifs is 1. The molecule has 0 aromatic heterocycles. The third-order valence-corrected chi connectivity index (χ3v) is 4.95. The summed E-state index contributed by atoms with van der Waals surface area (Å²) in [5, 5.41) is 2.68. The summed E-state index contributed by atoms with van der Waals surface area (Å²) in [6, 6.07) is 15.1. The van der Waals surface area contributed by atoms with Crippen LogP contribution in [0, 0.1) is 0 Å². The van der Waals surface area contributed by atoms with Crippen LogP contribution in [0.15, 0.2) is 72.7 Å². The summed E-state index contributed by atoms with van der Waals surface area (Å²) >= 11 is 0. The molecular weight excluding hydrogens is 224 g/mol. The minimum Gasteiger partial charge on any atom is -0.0984 e. The lowest BCUT2D eigenvalue weighted by Gasteiger charge is -2.07. The third kappa shape index (κ3) is 2.62. The Kier molecular flexibility index (Phi) is 4.05. The van der Waals surface area contributed by atoms with Crippen LogP contribution in [-0.2, 0) is 10.9 Å². The van der Waals surface area contributed by atoms with Crippen LogP contribution >= 0.6 is 0 Å². The number of hydrogen-bond acceptors (Lipinski definition) is 0. The van der Waals surface area contributed by atoms with E-state index in [0.29, 0.717) is 0 Å². The Labute approximate surface area is 106 Å². The van der Waals surface area contributed by atoms with Crippen molar-refractivity contribution in [3.63, 3.8) is 0 Å². The van der Waals surface area contributed by atoms with E-state index in [-0.39, 0.29) is 10.9 Å². The zero-order chi connectivity index (χ0) is 12.1. The minimum absolute atomic E-state index is 0.201. The molecule has 0 aliphatic carbocycles. The van der Waals surface area contributed by atoms with E-state index in [9.17, 15) is 0 Å². The van der Waals surface area contributed by atoms with Crippen LogP contribution in [0.5, 0.6) is 0 Å².